The molecule has 0 fully saturated rings. The highest BCUT2D eigenvalue weighted by Gasteiger charge is 2.00. The molecule has 0 radical (unpaired) electrons. The zero-order valence-electron chi connectivity index (χ0n) is 5.82. The topological polar surface area (TPSA) is 43.1 Å². The number of halogens is 1. The molecule has 2 heterocycles. The first-order valence-corrected chi connectivity index (χ1v) is 3.90. The van der Waals surface area contributed by atoms with Crippen LogP contribution < -0.4 is 0 Å². The quantitative estimate of drug-likeness (QED) is 0.660. The molecule has 5 heteroatoms. The van der Waals surface area contributed by atoms with E-state index in [1.165, 1.54) is 0 Å². The molecule has 2 rings (SSSR count). The maximum atomic E-state index is 4.16. The summed E-state index contributed by atoms with van der Waals surface area (Å²) < 4.78 is 2.32. The van der Waals surface area contributed by atoms with E-state index in [0.717, 1.165) is 11.5 Å². The van der Waals surface area contributed by atoms with Gasteiger partial charge in [0.25, 0.3) is 0 Å². The summed E-state index contributed by atoms with van der Waals surface area (Å²) in [5.74, 6) is 0.741. The van der Waals surface area contributed by atoms with Gasteiger partial charge >= 0.3 is 0 Å². The fourth-order valence-electron chi connectivity index (χ4n) is 0.895. The summed E-state index contributed by atoms with van der Waals surface area (Å²) in [5, 5.41) is 4.00. The maximum absolute atomic E-state index is 4.16. The molecule has 2 aromatic rings. The SMILES string of the molecule is Cc1nc(Br)n2nccc2n1. The molecular weight excluding hydrogens is 208 g/mol. The van der Waals surface area contributed by atoms with E-state index < -0.39 is 0 Å². The van der Waals surface area contributed by atoms with Crippen molar-refractivity contribution < 1.29 is 0 Å². The number of aryl methyl sites for hydroxylation is 1. The average Bonchev–Trinajstić information content (AvgIpc) is 2.34. The van der Waals surface area contributed by atoms with Crippen molar-refractivity contribution >= 4 is 21.6 Å². The zero-order chi connectivity index (χ0) is 7.84. The first kappa shape index (κ1) is 6.72. The minimum absolute atomic E-state index is 0.685. The normalized spacial score (nSPS) is 10.7. The van der Waals surface area contributed by atoms with E-state index in [1.54, 1.807) is 10.7 Å². The van der Waals surface area contributed by atoms with Gasteiger partial charge in [0.05, 0.1) is 6.20 Å². The maximum Gasteiger partial charge on any atom is 0.201 e. The molecule has 0 aromatic carbocycles. The van der Waals surface area contributed by atoms with Crippen LogP contribution in [0.3, 0.4) is 0 Å². The van der Waals surface area contributed by atoms with Crippen LogP contribution in [0.15, 0.2) is 17.0 Å². The largest absolute Gasteiger partial charge is 0.214 e. The molecule has 0 aliphatic rings. The fraction of sp³-hybridized carbons (Fsp3) is 0.167. The van der Waals surface area contributed by atoms with Crippen LogP contribution in [-0.4, -0.2) is 19.6 Å². The lowest BCUT2D eigenvalue weighted by atomic mass is 10.6. The molecule has 2 aromatic heterocycles. The predicted octanol–water partition coefficient (Wildman–Crippen LogP) is 1.20. The highest BCUT2D eigenvalue weighted by molar-refractivity contribution is 9.10. The summed E-state index contributed by atoms with van der Waals surface area (Å²) >= 11 is 3.28. The monoisotopic (exact) mass is 212 g/mol. The van der Waals surface area contributed by atoms with Crippen LogP contribution in [0.25, 0.3) is 5.65 Å². The lowest BCUT2D eigenvalue weighted by Crippen LogP contribution is -1.98. The fourth-order valence-corrected chi connectivity index (χ4v) is 1.42. The summed E-state index contributed by atoms with van der Waals surface area (Å²) in [5.41, 5.74) is 0.810. The first-order valence-electron chi connectivity index (χ1n) is 3.11. The second kappa shape index (κ2) is 2.27. The standard InChI is InChI=1S/C6H5BrN4/c1-4-9-5-2-3-8-11(5)6(7)10-4/h2-3H,1H3. The Morgan fingerprint density at radius 2 is 2.27 bits per heavy atom. The number of aromatic nitrogens is 4. The van der Waals surface area contributed by atoms with Crippen molar-refractivity contribution in [3.63, 3.8) is 0 Å². The minimum Gasteiger partial charge on any atom is -0.214 e. The van der Waals surface area contributed by atoms with Gasteiger partial charge in [0.1, 0.15) is 5.82 Å². The van der Waals surface area contributed by atoms with Crippen LogP contribution in [0, 0.1) is 6.92 Å². The highest BCUT2D eigenvalue weighted by atomic mass is 79.9. The molecule has 0 atom stereocenters. The molecule has 0 saturated carbocycles. The highest BCUT2D eigenvalue weighted by Crippen LogP contribution is 2.07. The minimum atomic E-state index is 0.685. The van der Waals surface area contributed by atoms with Crippen molar-refractivity contribution in [1.82, 2.24) is 19.6 Å². The molecule has 0 amide bonds. The molecule has 0 spiro atoms. The second-order valence-corrected chi connectivity index (χ2v) is 2.85. The van der Waals surface area contributed by atoms with E-state index >= 15 is 0 Å². The molecule has 0 aliphatic carbocycles. The number of hydrogen-bond acceptors (Lipinski definition) is 3. The molecule has 4 nitrogen and oxygen atoms in total. The van der Waals surface area contributed by atoms with Gasteiger partial charge in [-0.2, -0.15) is 9.61 Å². The average molecular weight is 213 g/mol. The Balaban J connectivity index is 2.91. The van der Waals surface area contributed by atoms with Crippen LogP contribution in [0.1, 0.15) is 5.82 Å². The van der Waals surface area contributed by atoms with Gasteiger partial charge in [0, 0.05) is 6.07 Å². The van der Waals surface area contributed by atoms with E-state index in [4.69, 9.17) is 0 Å². The summed E-state index contributed by atoms with van der Waals surface area (Å²) in [4.78, 5) is 8.24. The second-order valence-electron chi connectivity index (χ2n) is 2.14. The smallest absolute Gasteiger partial charge is 0.201 e. The number of fused-ring (bicyclic) bond motifs is 1. The number of nitrogens with zero attached hydrogens (tertiary/aromatic N) is 4. The van der Waals surface area contributed by atoms with E-state index in [9.17, 15) is 0 Å². The van der Waals surface area contributed by atoms with Crippen molar-refractivity contribution in [2.24, 2.45) is 0 Å². The molecule has 0 bridgehead atoms. The van der Waals surface area contributed by atoms with Gasteiger partial charge in [0.15, 0.2) is 5.65 Å². The Kier molecular flexibility index (Phi) is 1.38. The van der Waals surface area contributed by atoms with E-state index in [2.05, 4.69) is 31.0 Å². The van der Waals surface area contributed by atoms with Crippen molar-refractivity contribution in [2.75, 3.05) is 0 Å². The molecule has 0 aliphatic heterocycles. The Morgan fingerprint density at radius 3 is 3.09 bits per heavy atom. The van der Waals surface area contributed by atoms with Crippen LogP contribution in [0.4, 0.5) is 0 Å². The zero-order valence-corrected chi connectivity index (χ0v) is 7.41. The van der Waals surface area contributed by atoms with Gasteiger partial charge < -0.3 is 0 Å². The van der Waals surface area contributed by atoms with Gasteiger partial charge in [0.2, 0.25) is 4.73 Å². The molecule has 56 valence electrons. The molecule has 0 saturated heterocycles. The van der Waals surface area contributed by atoms with Crippen LogP contribution in [-0.2, 0) is 0 Å². The molecule has 11 heavy (non-hydrogen) atoms. The van der Waals surface area contributed by atoms with Crippen molar-refractivity contribution in [2.45, 2.75) is 6.92 Å². The third-order valence-electron chi connectivity index (χ3n) is 1.33. The Bertz CT molecular complexity index is 394. The Hall–Kier alpha value is -0.970. The van der Waals surface area contributed by atoms with Crippen LogP contribution in [0.5, 0.6) is 0 Å². The van der Waals surface area contributed by atoms with Crippen LogP contribution in [0.2, 0.25) is 0 Å². The summed E-state index contributed by atoms with van der Waals surface area (Å²) in [7, 11) is 0. The summed E-state index contributed by atoms with van der Waals surface area (Å²) in [6.07, 6.45) is 1.69. The van der Waals surface area contributed by atoms with Crippen molar-refractivity contribution in [3.8, 4) is 0 Å². The number of hydrogen-bond donors (Lipinski definition) is 0. The van der Waals surface area contributed by atoms with E-state index in [1.807, 2.05) is 13.0 Å². The van der Waals surface area contributed by atoms with Crippen molar-refractivity contribution in [1.29, 1.82) is 0 Å². The Labute approximate surface area is 71.4 Å². The third kappa shape index (κ3) is 1.01. The van der Waals surface area contributed by atoms with E-state index in [0.29, 0.717) is 4.73 Å². The molecular formula is C6H5BrN4. The summed E-state index contributed by atoms with van der Waals surface area (Å²) in [6.45, 7) is 1.84. The van der Waals surface area contributed by atoms with Gasteiger partial charge in [-0.05, 0) is 22.9 Å². The Morgan fingerprint density at radius 1 is 1.45 bits per heavy atom. The first-order chi connectivity index (χ1) is 5.27. The van der Waals surface area contributed by atoms with Crippen LogP contribution >= 0.6 is 15.9 Å². The molecule has 0 unspecified atom stereocenters. The van der Waals surface area contributed by atoms with Crippen molar-refractivity contribution in [3.05, 3.63) is 22.8 Å². The number of rotatable bonds is 0. The lowest BCUT2D eigenvalue weighted by Gasteiger charge is -1.95. The lowest BCUT2D eigenvalue weighted by molar-refractivity contribution is 0.837. The molecule has 0 N–H and O–H groups in total. The van der Waals surface area contributed by atoms with Gasteiger partial charge in [-0.1, -0.05) is 0 Å². The van der Waals surface area contributed by atoms with Gasteiger partial charge in [-0.25, -0.2) is 9.97 Å². The third-order valence-corrected chi connectivity index (χ3v) is 1.84. The van der Waals surface area contributed by atoms with Gasteiger partial charge in [-0.3, -0.25) is 0 Å². The summed E-state index contributed by atoms with van der Waals surface area (Å²) in [6, 6.07) is 1.83. The van der Waals surface area contributed by atoms with E-state index in [-0.39, 0.29) is 0 Å². The van der Waals surface area contributed by atoms with Gasteiger partial charge in [-0.15, -0.1) is 0 Å². The predicted molar refractivity (Wildman–Crippen MR) is 43.2 cm³/mol.